The van der Waals surface area contributed by atoms with Gasteiger partial charge in [0, 0.05) is 40.9 Å². The van der Waals surface area contributed by atoms with E-state index in [-0.39, 0.29) is 6.61 Å². The highest BCUT2D eigenvalue weighted by Crippen LogP contribution is 2.37. The van der Waals surface area contributed by atoms with Crippen LogP contribution in [-0.2, 0) is 14.3 Å². The molecule has 0 amide bonds. The summed E-state index contributed by atoms with van der Waals surface area (Å²) in [5, 5.41) is 12.9. The van der Waals surface area contributed by atoms with Crippen molar-refractivity contribution in [3.05, 3.63) is 55.6 Å². The molecule has 0 aliphatic carbocycles. The van der Waals surface area contributed by atoms with E-state index >= 15 is 0 Å². The normalized spacial score (nSPS) is 19.7. The van der Waals surface area contributed by atoms with Gasteiger partial charge in [0.05, 0.1) is 25.4 Å². The molecular formula is C20H21Cl2N5O3S. The summed E-state index contributed by atoms with van der Waals surface area (Å²) in [5.41, 5.74) is 3.43. The molecule has 1 saturated heterocycles. The van der Waals surface area contributed by atoms with Crippen molar-refractivity contribution in [1.82, 2.24) is 20.4 Å². The molecule has 1 unspecified atom stereocenters. The van der Waals surface area contributed by atoms with Gasteiger partial charge >= 0.3 is 5.97 Å². The largest absolute Gasteiger partial charge is 0.463 e. The summed E-state index contributed by atoms with van der Waals surface area (Å²) in [4.78, 5) is 20.1. The minimum atomic E-state index is -0.667. The van der Waals surface area contributed by atoms with E-state index in [4.69, 9.17) is 37.7 Å². The molecule has 164 valence electrons. The zero-order valence-corrected chi connectivity index (χ0v) is 19.1. The number of aliphatic imine (C=N–C) groups is 1. The number of carbonyl (C=O) groups is 1. The molecule has 0 bridgehead atoms. The van der Waals surface area contributed by atoms with Gasteiger partial charge in [-0.15, -0.1) is 10.2 Å². The molecular weight excluding hydrogens is 461 g/mol. The van der Waals surface area contributed by atoms with E-state index in [0.29, 0.717) is 57.5 Å². The van der Waals surface area contributed by atoms with Gasteiger partial charge in [-0.2, -0.15) is 0 Å². The van der Waals surface area contributed by atoms with Gasteiger partial charge in [-0.1, -0.05) is 40.6 Å². The predicted molar refractivity (Wildman–Crippen MR) is 120 cm³/mol. The maximum Gasteiger partial charge on any atom is 0.338 e. The molecule has 8 nitrogen and oxygen atoms in total. The van der Waals surface area contributed by atoms with Gasteiger partial charge in [0.2, 0.25) is 0 Å². The first-order valence-corrected chi connectivity index (χ1v) is 11.5. The Bertz CT molecular complexity index is 1010. The van der Waals surface area contributed by atoms with Gasteiger partial charge < -0.3 is 14.8 Å². The van der Waals surface area contributed by atoms with Crippen molar-refractivity contribution >= 4 is 46.3 Å². The molecule has 1 aromatic heterocycles. The predicted octanol–water partition coefficient (Wildman–Crippen LogP) is 3.09. The topological polar surface area (TPSA) is 88.9 Å². The molecule has 2 aromatic rings. The number of amidine groups is 1. The molecule has 1 fully saturated rings. The fourth-order valence-corrected chi connectivity index (χ4v) is 4.50. The van der Waals surface area contributed by atoms with Crippen LogP contribution >= 0.6 is 34.5 Å². The van der Waals surface area contributed by atoms with Crippen molar-refractivity contribution in [2.24, 2.45) is 4.99 Å². The summed E-state index contributed by atoms with van der Waals surface area (Å²) in [6, 6.07) is 4.49. The number of carbonyl (C=O) groups excluding carboxylic acids is 1. The van der Waals surface area contributed by atoms with Crippen LogP contribution in [0.3, 0.4) is 0 Å². The SMILES string of the molecule is CCOC(=O)C1=C(CN2CCOCC2)NC(c2nncs2)=NC1c1ccc(Cl)cc1Cl. The second-order valence-corrected chi connectivity index (χ2v) is 8.59. The Morgan fingerprint density at radius 2 is 2.16 bits per heavy atom. The first-order chi connectivity index (χ1) is 15.1. The number of halogens is 2. The quantitative estimate of drug-likeness (QED) is 0.633. The van der Waals surface area contributed by atoms with Gasteiger partial charge in [0.15, 0.2) is 10.8 Å². The highest BCUT2D eigenvalue weighted by atomic mass is 35.5. The van der Waals surface area contributed by atoms with Crippen LogP contribution in [0.2, 0.25) is 10.0 Å². The van der Waals surface area contributed by atoms with Crippen LogP contribution in [0.15, 0.2) is 40.0 Å². The van der Waals surface area contributed by atoms with Crippen LogP contribution in [0.25, 0.3) is 0 Å². The molecule has 1 atom stereocenters. The van der Waals surface area contributed by atoms with Crippen LogP contribution in [0, 0.1) is 0 Å². The van der Waals surface area contributed by atoms with Gasteiger partial charge in [-0.25, -0.2) is 4.79 Å². The average molecular weight is 482 g/mol. The molecule has 1 N–H and O–H groups in total. The van der Waals surface area contributed by atoms with E-state index in [9.17, 15) is 4.79 Å². The van der Waals surface area contributed by atoms with E-state index in [2.05, 4.69) is 20.4 Å². The molecule has 3 heterocycles. The fraction of sp³-hybridized carbons (Fsp3) is 0.400. The molecule has 31 heavy (non-hydrogen) atoms. The maximum absolute atomic E-state index is 13.1. The van der Waals surface area contributed by atoms with Crippen LogP contribution < -0.4 is 5.32 Å². The number of morpholine rings is 1. The lowest BCUT2D eigenvalue weighted by molar-refractivity contribution is -0.139. The van der Waals surface area contributed by atoms with Crippen molar-refractivity contribution in [2.75, 3.05) is 39.5 Å². The third-order valence-corrected chi connectivity index (χ3v) is 6.19. The Labute approximate surface area is 193 Å². The smallest absolute Gasteiger partial charge is 0.338 e. The fourth-order valence-electron chi connectivity index (χ4n) is 3.49. The minimum Gasteiger partial charge on any atom is -0.463 e. The molecule has 1 aromatic carbocycles. The second-order valence-electron chi connectivity index (χ2n) is 6.92. The van der Waals surface area contributed by atoms with E-state index in [0.717, 1.165) is 13.1 Å². The van der Waals surface area contributed by atoms with Crippen LogP contribution in [-0.4, -0.2) is 66.4 Å². The Kier molecular flexibility index (Phi) is 7.19. The Morgan fingerprint density at radius 1 is 1.35 bits per heavy atom. The minimum absolute atomic E-state index is 0.251. The number of esters is 1. The number of hydrogen-bond acceptors (Lipinski definition) is 9. The first kappa shape index (κ1) is 22.2. The van der Waals surface area contributed by atoms with Crippen molar-refractivity contribution in [3.8, 4) is 0 Å². The monoisotopic (exact) mass is 481 g/mol. The summed E-state index contributed by atoms with van der Waals surface area (Å²) < 4.78 is 10.9. The zero-order valence-electron chi connectivity index (χ0n) is 16.8. The first-order valence-electron chi connectivity index (χ1n) is 9.83. The van der Waals surface area contributed by atoms with E-state index < -0.39 is 12.0 Å². The molecule has 4 rings (SSSR count). The van der Waals surface area contributed by atoms with Crippen molar-refractivity contribution in [3.63, 3.8) is 0 Å². The third kappa shape index (κ3) is 5.07. The summed E-state index contributed by atoms with van der Waals surface area (Å²) >= 11 is 14.0. The zero-order chi connectivity index (χ0) is 21.8. The summed E-state index contributed by atoms with van der Waals surface area (Å²) in [7, 11) is 0. The third-order valence-electron chi connectivity index (χ3n) is 4.93. The van der Waals surface area contributed by atoms with E-state index in [1.807, 2.05) is 0 Å². The molecule has 0 radical (unpaired) electrons. The molecule has 0 saturated carbocycles. The van der Waals surface area contributed by atoms with Gasteiger partial charge in [-0.05, 0) is 19.1 Å². The van der Waals surface area contributed by atoms with Crippen LogP contribution in [0.5, 0.6) is 0 Å². The van der Waals surface area contributed by atoms with Crippen LogP contribution in [0.1, 0.15) is 23.5 Å². The van der Waals surface area contributed by atoms with Crippen molar-refractivity contribution in [1.29, 1.82) is 0 Å². The lowest BCUT2D eigenvalue weighted by Gasteiger charge is -2.32. The van der Waals surface area contributed by atoms with Gasteiger partial charge in [0.25, 0.3) is 0 Å². The highest BCUT2D eigenvalue weighted by Gasteiger charge is 2.34. The Hall–Kier alpha value is -2.04. The number of nitrogens with zero attached hydrogens (tertiary/aromatic N) is 4. The Morgan fingerprint density at radius 3 is 2.84 bits per heavy atom. The molecule has 2 aliphatic rings. The van der Waals surface area contributed by atoms with E-state index in [1.165, 1.54) is 11.3 Å². The summed E-state index contributed by atoms with van der Waals surface area (Å²) in [6.45, 7) is 5.35. The number of benzene rings is 1. The van der Waals surface area contributed by atoms with Crippen LogP contribution in [0.4, 0.5) is 0 Å². The second kappa shape index (κ2) is 10.1. The highest BCUT2D eigenvalue weighted by molar-refractivity contribution is 7.11. The maximum atomic E-state index is 13.1. The standard InChI is InChI=1S/C20H21Cl2N5O3S/c1-2-30-20(28)16-15(10-27-5-7-29-8-6-27)24-18(19-26-23-11-31-19)25-17(16)13-4-3-12(21)9-14(13)22/h3-4,9,11,17H,2,5-8,10H2,1H3,(H,24,25). The van der Waals surface area contributed by atoms with E-state index in [1.54, 1.807) is 30.6 Å². The van der Waals surface area contributed by atoms with Gasteiger partial charge in [-0.3, -0.25) is 9.89 Å². The number of ether oxygens (including phenoxy) is 2. The number of rotatable bonds is 6. The number of nitrogens with one attached hydrogen (secondary N) is 1. The average Bonchev–Trinajstić information content (AvgIpc) is 3.29. The van der Waals surface area contributed by atoms with Crippen molar-refractivity contribution < 1.29 is 14.3 Å². The number of aromatic nitrogens is 2. The van der Waals surface area contributed by atoms with Gasteiger partial charge in [0.1, 0.15) is 11.6 Å². The number of hydrogen-bond donors (Lipinski definition) is 1. The van der Waals surface area contributed by atoms with Crippen molar-refractivity contribution in [2.45, 2.75) is 13.0 Å². The summed E-state index contributed by atoms with van der Waals surface area (Å²) in [6.07, 6.45) is 0. The molecule has 0 spiro atoms. The molecule has 11 heteroatoms. The summed E-state index contributed by atoms with van der Waals surface area (Å²) in [5.74, 6) is 0.101. The Balaban J connectivity index is 1.81. The lowest BCUT2D eigenvalue weighted by Crippen LogP contribution is -2.43. The lowest BCUT2D eigenvalue weighted by atomic mass is 9.95. The molecule has 2 aliphatic heterocycles.